The normalized spacial score (nSPS) is 11.8. The number of quaternary nitrogens is 1. The highest BCUT2D eigenvalue weighted by atomic mass is 127. The molecule has 0 unspecified atom stereocenters. The van der Waals surface area contributed by atoms with Crippen molar-refractivity contribution in [3.63, 3.8) is 0 Å². The number of halogens is 2. The Hall–Kier alpha value is -0.840. The first kappa shape index (κ1) is 29.2. The van der Waals surface area contributed by atoms with Gasteiger partial charge in [-0.1, -0.05) is 61.7 Å². The van der Waals surface area contributed by atoms with Crippen LogP contribution in [0.4, 0.5) is 5.69 Å². The lowest BCUT2D eigenvalue weighted by Gasteiger charge is -2.22. The molecule has 164 valence electrons. The van der Waals surface area contributed by atoms with E-state index in [0.717, 1.165) is 15.0 Å². The van der Waals surface area contributed by atoms with Crippen LogP contribution in [0.2, 0.25) is 0 Å². The number of hydrogen-bond donors (Lipinski definition) is 0. The third-order valence-corrected chi connectivity index (χ3v) is 5.31. The zero-order chi connectivity index (χ0) is 20.6. The van der Waals surface area contributed by atoms with Crippen molar-refractivity contribution < 1.29 is 28.5 Å². The van der Waals surface area contributed by atoms with E-state index in [2.05, 4.69) is 80.9 Å². The van der Waals surface area contributed by atoms with Crippen LogP contribution in [-0.4, -0.2) is 44.2 Å². The molecule has 0 bridgehead atoms. The Morgan fingerprint density at radius 3 is 2.13 bits per heavy atom. The molecule has 2 heterocycles. The quantitative estimate of drug-likeness (QED) is 0.312. The lowest BCUT2D eigenvalue weighted by molar-refractivity contribution is -0.870. The fourth-order valence-electron chi connectivity index (χ4n) is 2.84. The number of anilines is 1. The van der Waals surface area contributed by atoms with Gasteiger partial charge in [0.05, 0.1) is 43.9 Å². The maximum atomic E-state index is 4.18. The van der Waals surface area contributed by atoms with Crippen LogP contribution in [0.25, 0.3) is 10.9 Å². The van der Waals surface area contributed by atoms with Crippen molar-refractivity contribution >= 4 is 52.3 Å². The van der Waals surface area contributed by atoms with E-state index in [1.807, 2.05) is 37.5 Å². The molecule has 2 aromatic carbocycles. The Kier molecular flexibility index (Phi) is 13.9. The van der Waals surface area contributed by atoms with Gasteiger partial charge in [0.25, 0.3) is 0 Å². The van der Waals surface area contributed by atoms with Gasteiger partial charge in [0.1, 0.15) is 0 Å². The second-order valence-corrected chi connectivity index (χ2v) is 8.85. The van der Waals surface area contributed by atoms with Gasteiger partial charge in [-0.25, -0.2) is 0 Å². The molecule has 6 heteroatoms. The summed E-state index contributed by atoms with van der Waals surface area (Å²) in [5, 5.41) is 2.30. The highest BCUT2D eigenvalue weighted by molar-refractivity contribution is 14.0. The smallest absolute Gasteiger partial charge is 0.0777 e. The molecular formula is C24H33I2N3S. The first-order valence-corrected chi connectivity index (χ1v) is 10.4. The zero-order valence-corrected chi connectivity index (χ0v) is 23.8. The van der Waals surface area contributed by atoms with Gasteiger partial charge in [0.2, 0.25) is 0 Å². The minimum absolute atomic E-state index is 0. The molecule has 0 atom stereocenters. The summed E-state index contributed by atoms with van der Waals surface area (Å²) in [4.78, 5) is 7.60. The molecule has 0 N–H and O–H groups in total. The molecule has 0 saturated carbocycles. The molecule has 0 amide bonds. The molecule has 0 aliphatic carbocycles. The molecule has 1 aliphatic heterocycles. The maximum Gasteiger partial charge on any atom is 0.0777 e. The van der Waals surface area contributed by atoms with Gasteiger partial charge in [-0.2, -0.15) is 0 Å². The summed E-state index contributed by atoms with van der Waals surface area (Å²) >= 11 is 1.73. The van der Waals surface area contributed by atoms with Crippen LogP contribution < -0.4 is 28.9 Å². The number of rotatable bonds is 2. The molecule has 3 aromatic rings. The van der Waals surface area contributed by atoms with E-state index in [9.17, 15) is 0 Å². The minimum Gasteiger partial charge on any atom is -1.00 e. The summed E-state index contributed by atoms with van der Waals surface area (Å²) in [7, 11) is 8.68. The Morgan fingerprint density at radius 2 is 1.57 bits per heavy atom. The summed E-state index contributed by atoms with van der Waals surface area (Å²) in [6, 6.07) is 20.4. The fraction of sp³-hybridized carbons (Fsp3) is 0.292. The van der Waals surface area contributed by atoms with Crippen LogP contribution >= 0.6 is 35.7 Å². The van der Waals surface area contributed by atoms with Gasteiger partial charge in [-0.3, -0.25) is 4.98 Å². The number of nitrogens with zero attached hydrogens (tertiary/aromatic N) is 3. The molecule has 0 saturated heterocycles. The van der Waals surface area contributed by atoms with E-state index in [4.69, 9.17) is 0 Å². The van der Waals surface area contributed by atoms with Gasteiger partial charge in [-0.05, 0) is 30.7 Å². The third kappa shape index (κ3) is 9.53. The average Bonchev–Trinajstić information content (AvgIpc) is 2.96. The lowest BCUT2D eigenvalue weighted by atomic mass is 10.2. The van der Waals surface area contributed by atoms with E-state index < -0.39 is 0 Å². The number of benzene rings is 2. The SMILES string of the molecule is C=C1Sc2ccccc2N1C.CCC[N+](C)(C)C.I.[I-].c1ccc2ncccc2c1. The number of hydrogen-bond acceptors (Lipinski definition) is 3. The monoisotopic (exact) mass is 649 g/mol. The summed E-state index contributed by atoms with van der Waals surface area (Å²) in [6.07, 6.45) is 3.09. The predicted octanol–water partition coefficient (Wildman–Crippen LogP) is 3.66. The molecule has 30 heavy (non-hydrogen) atoms. The van der Waals surface area contributed by atoms with Crippen LogP contribution in [0.3, 0.4) is 0 Å². The Labute approximate surface area is 220 Å². The molecule has 3 nitrogen and oxygen atoms in total. The molecule has 1 aromatic heterocycles. The summed E-state index contributed by atoms with van der Waals surface area (Å²) < 4.78 is 1.09. The standard InChI is InChI=1S/C9H9NS.C9H7N.C6H16N.2HI/c1-7-10(2)8-5-3-4-6-9(8)11-7;1-2-6-9-8(4-1)5-3-7-10-9;1-5-6-7(2,3)4;;/h3-6H,1H2,2H3;1-7H;5-6H2,1-4H3;2*1H/q;;+1;;/p-1. The summed E-state index contributed by atoms with van der Waals surface area (Å²) in [6.45, 7) is 7.43. The van der Waals surface area contributed by atoms with Crippen molar-refractivity contribution in [1.82, 2.24) is 4.98 Å². The van der Waals surface area contributed by atoms with Crippen molar-refractivity contribution in [3.05, 3.63) is 78.5 Å². The number of pyridine rings is 1. The summed E-state index contributed by atoms with van der Waals surface area (Å²) in [5.41, 5.74) is 2.33. The van der Waals surface area contributed by atoms with E-state index in [0.29, 0.717) is 0 Å². The Bertz CT molecular complexity index is 845. The molecule has 0 radical (unpaired) electrons. The number of para-hydroxylation sites is 2. The van der Waals surface area contributed by atoms with Gasteiger partial charge >= 0.3 is 0 Å². The van der Waals surface area contributed by atoms with E-state index in [-0.39, 0.29) is 48.0 Å². The van der Waals surface area contributed by atoms with Gasteiger partial charge < -0.3 is 33.4 Å². The second kappa shape index (κ2) is 14.3. The van der Waals surface area contributed by atoms with Crippen LogP contribution in [0, 0.1) is 0 Å². The molecule has 0 spiro atoms. The number of fused-ring (bicyclic) bond motifs is 2. The van der Waals surface area contributed by atoms with Crippen LogP contribution in [0.1, 0.15) is 13.3 Å². The third-order valence-electron chi connectivity index (χ3n) is 4.24. The van der Waals surface area contributed by atoms with Gasteiger partial charge in [-0.15, -0.1) is 24.0 Å². The minimum atomic E-state index is 0. The van der Waals surface area contributed by atoms with Crippen molar-refractivity contribution in [2.45, 2.75) is 18.2 Å². The number of thioether (sulfide) groups is 1. The maximum absolute atomic E-state index is 4.18. The van der Waals surface area contributed by atoms with Crippen LogP contribution in [0.5, 0.6) is 0 Å². The molecule has 1 aliphatic rings. The van der Waals surface area contributed by atoms with Crippen LogP contribution in [0.15, 0.2) is 83.4 Å². The highest BCUT2D eigenvalue weighted by Crippen LogP contribution is 2.43. The van der Waals surface area contributed by atoms with Crippen molar-refractivity contribution in [2.75, 3.05) is 39.6 Å². The van der Waals surface area contributed by atoms with E-state index >= 15 is 0 Å². The molecule has 0 fully saturated rings. The first-order valence-electron chi connectivity index (χ1n) is 9.61. The Balaban J connectivity index is 0.000000418. The Morgan fingerprint density at radius 1 is 0.967 bits per heavy atom. The van der Waals surface area contributed by atoms with Crippen LogP contribution in [-0.2, 0) is 0 Å². The largest absolute Gasteiger partial charge is 1.00 e. The summed E-state index contributed by atoms with van der Waals surface area (Å²) in [5.74, 6) is 0. The van der Waals surface area contributed by atoms with E-state index in [1.54, 1.807) is 11.8 Å². The van der Waals surface area contributed by atoms with Crippen molar-refractivity contribution in [1.29, 1.82) is 0 Å². The van der Waals surface area contributed by atoms with Gasteiger partial charge in [0, 0.05) is 23.5 Å². The zero-order valence-electron chi connectivity index (χ0n) is 18.5. The van der Waals surface area contributed by atoms with Crippen molar-refractivity contribution in [3.8, 4) is 0 Å². The van der Waals surface area contributed by atoms with E-state index in [1.165, 1.54) is 28.9 Å². The van der Waals surface area contributed by atoms with Gasteiger partial charge in [0.15, 0.2) is 0 Å². The highest BCUT2D eigenvalue weighted by Gasteiger charge is 2.18. The predicted molar refractivity (Wildman–Crippen MR) is 140 cm³/mol. The number of aromatic nitrogens is 1. The fourth-order valence-corrected chi connectivity index (χ4v) is 3.78. The molecule has 4 rings (SSSR count). The second-order valence-electron chi connectivity index (χ2n) is 7.73. The average molecular weight is 649 g/mol. The first-order chi connectivity index (χ1) is 13.3. The lowest BCUT2D eigenvalue weighted by Crippen LogP contribution is -3.00. The topological polar surface area (TPSA) is 16.1 Å². The molecular weight excluding hydrogens is 616 g/mol. The van der Waals surface area contributed by atoms with Crippen molar-refractivity contribution in [2.24, 2.45) is 0 Å².